The Hall–Kier alpha value is -1.55. The number of nitrogens with two attached hydrogens (primary N) is 1. The number of carbonyl (C=O) groups is 1. The Labute approximate surface area is 108 Å². The molecular weight excluding hydrogens is 230 g/mol. The molecule has 0 amide bonds. The summed E-state index contributed by atoms with van der Waals surface area (Å²) < 4.78 is 5.35. The third-order valence-electron chi connectivity index (χ3n) is 3.20. The van der Waals surface area contributed by atoms with Gasteiger partial charge in [-0.25, -0.2) is 0 Å². The molecule has 18 heavy (non-hydrogen) atoms. The summed E-state index contributed by atoms with van der Waals surface area (Å²) in [7, 11) is 1.58. The Morgan fingerprint density at radius 3 is 2.50 bits per heavy atom. The van der Waals surface area contributed by atoms with Gasteiger partial charge in [-0.2, -0.15) is 0 Å². The van der Waals surface area contributed by atoms with Crippen molar-refractivity contribution in [1.82, 2.24) is 0 Å². The fourth-order valence-electron chi connectivity index (χ4n) is 2.31. The van der Waals surface area contributed by atoms with E-state index in [4.69, 9.17) is 10.5 Å². The highest BCUT2D eigenvalue weighted by molar-refractivity contribution is 5.71. The fraction of sp³-hybridized carbons (Fsp3) is 0.500. The second kappa shape index (κ2) is 5.87. The summed E-state index contributed by atoms with van der Waals surface area (Å²) in [6.07, 6.45) is 0.493. The van der Waals surface area contributed by atoms with Crippen LogP contribution in [0.2, 0.25) is 0 Å². The van der Waals surface area contributed by atoms with E-state index in [0.29, 0.717) is 12.2 Å². The first kappa shape index (κ1) is 14.5. The van der Waals surface area contributed by atoms with Crippen molar-refractivity contribution in [2.45, 2.75) is 33.2 Å². The number of hydrogen-bond acceptors (Lipinski definition) is 3. The van der Waals surface area contributed by atoms with Gasteiger partial charge < -0.3 is 15.6 Å². The minimum atomic E-state index is -0.869. The minimum Gasteiger partial charge on any atom is -0.496 e. The van der Waals surface area contributed by atoms with Crippen molar-refractivity contribution < 1.29 is 14.6 Å². The van der Waals surface area contributed by atoms with Gasteiger partial charge in [0.25, 0.3) is 0 Å². The molecule has 0 aliphatic heterocycles. The van der Waals surface area contributed by atoms with Crippen molar-refractivity contribution in [2.75, 3.05) is 7.11 Å². The van der Waals surface area contributed by atoms with Crippen molar-refractivity contribution >= 4 is 5.97 Å². The quantitative estimate of drug-likeness (QED) is 0.843. The second-order valence-corrected chi connectivity index (χ2v) is 4.58. The van der Waals surface area contributed by atoms with Crippen LogP contribution in [0.25, 0.3) is 0 Å². The summed E-state index contributed by atoms with van der Waals surface area (Å²) in [5, 5.41) is 9.19. The highest BCUT2D eigenvalue weighted by Crippen LogP contribution is 2.33. The zero-order valence-electron chi connectivity index (χ0n) is 11.4. The lowest BCUT2D eigenvalue weighted by Crippen LogP contribution is -2.28. The Morgan fingerprint density at radius 1 is 1.44 bits per heavy atom. The topological polar surface area (TPSA) is 72.5 Å². The van der Waals surface area contributed by atoms with Crippen LogP contribution in [0, 0.1) is 19.8 Å². The molecule has 0 saturated heterocycles. The van der Waals surface area contributed by atoms with Gasteiger partial charge in [-0.05, 0) is 25.8 Å². The van der Waals surface area contributed by atoms with Gasteiger partial charge in [0.15, 0.2) is 0 Å². The molecule has 1 aromatic carbocycles. The van der Waals surface area contributed by atoms with Crippen LogP contribution in [0.3, 0.4) is 0 Å². The van der Waals surface area contributed by atoms with E-state index in [0.717, 1.165) is 16.7 Å². The van der Waals surface area contributed by atoms with E-state index in [-0.39, 0.29) is 0 Å². The van der Waals surface area contributed by atoms with Gasteiger partial charge in [0, 0.05) is 11.6 Å². The predicted molar refractivity (Wildman–Crippen MR) is 70.8 cm³/mol. The van der Waals surface area contributed by atoms with Crippen molar-refractivity contribution in [2.24, 2.45) is 11.7 Å². The lowest BCUT2D eigenvalue weighted by molar-refractivity contribution is -0.142. The van der Waals surface area contributed by atoms with E-state index in [1.807, 2.05) is 32.9 Å². The zero-order chi connectivity index (χ0) is 13.9. The highest BCUT2D eigenvalue weighted by Gasteiger charge is 2.27. The molecule has 0 heterocycles. The van der Waals surface area contributed by atoms with Crippen LogP contribution < -0.4 is 10.5 Å². The minimum absolute atomic E-state index is 0.493. The number of methoxy groups -OCH3 is 1. The molecule has 100 valence electrons. The Kier molecular flexibility index (Phi) is 4.73. The maximum atomic E-state index is 11.2. The average molecular weight is 251 g/mol. The molecule has 0 aliphatic rings. The Morgan fingerprint density at radius 2 is 2.06 bits per heavy atom. The fourth-order valence-corrected chi connectivity index (χ4v) is 2.31. The van der Waals surface area contributed by atoms with Gasteiger partial charge in [0.2, 0.25) is 0 Å². The SMILES string of the molecule is CCC(C(=O)O)C(N)c1cc(C)cc(C)c1OC. The van der Waals surface area contributed by atoms with Gasteiger partial charge in [0.05, 0.1) is 13.0 Å². The smallest absolute Gasteiger partial charge is 0.308 e. The average Bonchev–Trinajstić information content (AvgIpc) is 2.28. The van der Waals surface area contributed by atoms with Crippen molar-refractivity contribution in [3.05, 3.63) is 28.8 Å². The molecule has 0 saturated carbocycles. The molecule has 3 N–H and O–H groups in total. The summed E-state index contributed by atoms with van der Waals surface area (Å²) in [4.78, 5) is 11.2. The number of hydrogen-bond donors (Lipinski definition) is 2. The largest absolute Gasteiger partial charge is 0.496 e. The molecule has 2 unspecified atom stereocenters. The summed E-state index contributed by atoms with van der Waals surface area (Å²) in [5.41, 5.74) is 8.90. The molecule has 0 spiro atoms. The molecular formula is C14H21NO3. The molecule has 1 aromatic rings. The number of benzene rings is 1. The molecule has 0 bridgehead atoms. The number of aryl methyl sites for hydroxylation is 2. The third-order valence-corrected chi connectivity index (χ3v) is 3.20. The highest BCUT2D eigenvalue weighted by atomic mass is 16.5. The van der Waals surface area contributed by atoms with E-state index in [1.54, 1.807) is 7.11 Å². The second-order valence-electron chi connectivity index (χ2n) is 4.58. The Balaban J connectivity index is 3.26. The molecule has 0 aromatic heterocycles. The molecule has 0 radical (unpaired) electrons. The van der Waals surface area contributed by atoms with E-state index in [9.17, 15) is 9.90 Å². The zero-order valence-corrected chi connectivity index (χ0v) is 11.4. The van der Waals surface area contributed by atoms with Crippen LogP contribution in [0.4, 0.5) is 0 Å². The standard InChI is InChI=1S/C14H21NO3/c1-5-10(14(16)17)12(15)11-7-8(2)6-9(3)13(11)18-4/h6-7,10,12H,5,15H2,1-4H3,(H,16,17). The van der Waals surface area contributed by atoms with Gasteiger partial charge in [-0.1, -0.05) is 24.6 Å². The first-order chi connectivity index (χ1) is 8.42. The van der Waals surface area contributed by atoms with Crippen LogP contribution in [0.5, 0.6) is 5.75 Å². The maximum Gasteiger partial charge on any atom is 0.308 e. The summed E-state index contributed by atoms with van der Waals surface area (Å²) in [6, 6.07) is 3.35. The lowest BCUT2D eigenvalue weighted by Gasteiger charge is -2.22. The predicted octanol–water partition coefficient (Wildman–Crippen LogP) is 2.42. The lowest BCUT2D eigenvalue weighted by atomic mass is 9.89. The summed E-state index contributed by atoms with van der Waals surface area (Å²) >= 11 is 0. The molecule has 4 nitrogen and oxygen atoms in total. The van der Waals surface area contributed by atoms with E-state index in [1.165, 1.54) is 0 Å². The first-order valence-corrected chi connectivity index (χ1v) is 6.05. The van der Waals surface area contributed by atoms with Crippen molar-refractivity contribution in [1.29, 1.82) is 0 Å². The van der Waals surface area contributed by atoms with Gasteiger partial charge in [0.1, 0.15) is 5.75 Å². The molecule has 0 aliphatic carbocycles. The van der Waals surface area contributed by atoms with Gasteiger partial charge >= 0.3 is 5.97 Å². The van der Waals surface area contributed by atoms with Crippen LogP contribution >= 0.6 is 0 Å². The monoisotopic (exact) mass is 251 g/mol. The van der Waals surface area contributed by atoms with Crippen LogP contribution in [-0.2, 0) is 4.79 Å². The molecule has 2 atom stereocenters. The number of carboxylic acids is 1. The van der Waals surface area contributed by atoms with Gasteiger partial charge in [-0.15, -0.1) is 0 Å². The summed E-state index contributed by atoms with van der Waals surface area (Å²) in [5.74, 6) is -0.779. The maximum absolute atomic E-state index is 11.2. The number of ether oxygens (including phenoxy) is 1. The van der Waals surface area contributed by atoms with Gasteiger partial charge in [-0.3, -0.25) is 4.79 Å². The van der Waals surface area contributed by atoms with Crippen LogP contribution in [0.1, 0.15) is 36.1 Å². The molecule has 4 heteroatoms. The normalized spacial score (nSPS) is 14.1. The van der Waals surface area contributed by atoms with E-state index >= 15 is 0 Å². The van der Waals surface area contributed by atoms with Crippen molar-refractivity contribution in [3.8, 4) is 5.75 Å². The number of aliphatic carboxylic acids is 1. The van der Waals surface area contributed by atoms with Crippen LogP contribution in [0.15, 0.2) is 12.1 Å². The van der Waals surface area contributed by atoms with Crippen LogP contribution in [-0.4, -0.2) is 18.2 Å². The van der Waals surface area contributed by atoms with E-state index < -0.39 is 17.9 Å². The molecule has 0 fully saturated rings. The summed E-state index contributed by atoms with van der Waals surface area (Å²) in [6.45, 7) is 5.72. The number of rotatable bonds is 5. The molecule has 1 rings (SSSR count). The van der Waals surface area contributed by atoms with Crippen molar-refractivity contribution in [3.63, 3.8) is 0 Å². The number of carboxylic acid groups (broad SMARTS) is 1. The third kappa shape index (κ3) is 2.82. The Bertz CT molecular complexity index is 443. The first-order valence-electron chi connectivity index (χ1n) is 6.05. The van der Waals surface area contributed by atoms with E-state index in [2.05, 4.69) is 0 Å².